The highest BCUT2D eigenvalue weighted by molar-refractivity contribution is 6.06. The zero-order valence-corrected chi connectivity index (χ0v) is 28.8. The van der Waals surface area contributed by atoms with E-state index in [9.17, 15) is 0 Å². The number of benzene rings is 8. The summed E-state index contributed by atoms with van der Waals surface area (Å²) in [6.07, 6.45) is 0. The average Bonchev–Trinajstić information content (AvgIpc) is 3.62. The van der Waals surface area contributed by atoms with Crippen LogP contribution in [0.3, 0.4) is 0 Å². The van der Waals surface area contributed by atoms with Crippen LogP contribution in [0.25, 0.3) is 100.0 Å². The summed E-state index contributed by atoms with van der Waals surface area (Å²) in [4.78, 5) is 10.6. The second kappa shape index (κ2) is 12.9. The maximum Gasteiger partial charge on any atom is 0.160 e. The lowest BCUT2D eigenvalue weighted by Crippen LogP contribution is -1.97. The van der Waals surface area contributed by atoms with Crippen LogP contribution in [0.2, 0.25) is 0 Å². The third kappa shape index (κ3) is 5.75. The van der Waals surface area contributed by atoms with Crippen molar-refractivity contribution in [1.29, 1.82) is 0 Å². The molecule has 0 spiro atoms. The van der Waals surface area contributed by atoms with Gasteiger partial charge in [-0.3, -0.25) is 0 Å². The Labute approximate surface area is 307 Å². The molecule has 0 aliphatic heterocycles. The second-order valence-corrected chi connectivity index (χ2v) is 13.4. The topological polar surface area (TPSA) is 38.9 Å². The molecule has 0 atom stereocenters. The van der Waals surface area contributed by atoms with E-state index >= 15 is 0 Å². The van der Waals surface area contributed by atoms with Gasteiger partial charge in [0.2, 0.25) is 0 Å². The number of hydrogen-bond acceptors (Lipinski definition) is 3. The number of aromatic nitrogens is 2. The van der Waals surface area contributed by atoms with Crippen molar-refractivity contribution in [3.63, 3.8) is 0 Å². The largest absolute Gasteiger partial charge is 0.456 e. The van der Waals surface area contributed by atoms with Crippen molar-refractivity contribution in [2.75, 3.05) is 0 Å². The van der Waals surface area contributed by atoms with Crippen molar-refractivity contribution in [1.82, 2.24) is 9.97 Å². The normalized spacial score (nSPS) is 11.4. The van der Waals surface area contributed by atoms with E-state index < -0.39 is 0 Å². The fourth-order valence-corrected chi connectivity index (χ4v) is 7.40. The van der Waals surface area contributed by atoms with E-state index in [1.807, 2.05) is 18.2 Å². The summed E-state index contributed by atoms with van der Waals surface area (Å²) in [5, 5.41) is 4.55. The molecule has 0 amide bonds. The molecule has 0 radical (unpaired) electrons. The van der Waals surface area contributed by atoms with Gasteiger partial charge in [-0.1, -0.05) is 152 Å². The van der Waals surface area contributed by atoms with Gasteiger partial charge in [0.05, 0.1) is 11.4 Å². The van der Waals surface area contributed by atoms with Gasteiger partial charge in [0, 0.05) is 27.5 Å². The third-order valence-corrected chi connectivity index (χ3v) is 10.1. The van der Waals surface area contributed by atoms with Crippen LogP contribution in [0.5, 0.6) is 0 Å². The molecule has 0 unspecified atom stereocenters. The van der Waals surface area contributed by atoms with Crippen LogP contribution in [0.15, 0.2) is 199 Å². The molecule has 10 aromatic rings. The number of fused-ring (bicyclic) bond motifs is 4. The number of nitrogens with zero attached hydrogens (tertiary/aromatic N) is 2. The van der Waals surface area contributed by atoms with E-state index in [4.69, 9.17) is 14.4 Å². The predicted octanol–water partition coefficient (Wildman–Crippen LogP) is 13.5. The Bertz CT molecular complexity index is 2920. The van der Waals surface area contributed by atoms with Crippen molar-refractivity contribution in [2.45, 2.75) is 0 Å². The Kier molecular flexibility index (Phi) is 7.47. The molecular weight excluding hydrogens is 645 g/mol. The van der Waals surface area contributed by atoms with Gasteiger partial charge in [-0.2, -0.15) is 0 Å². The van der Waals surface area contributed by atoms with Crippen LogP contribution in [-0.2, 0) is 0 Å². The summed E-state index contributed by atoms with van der Waals surface area (Å²) < 4.78 is 6.19. The summed E-state index contributed by atoms with van der Waals surface area (Å²) in [7, 11) is 0. The maximum atomic E-state index is 6.19. The smallest absolute Gasteiger partial charge is 0.160 e. The number of rotatable bonds is 6. The molecule has 0 fully saturated rings. The van der Waals surface area contributed by atoms with E-state index in [0.29, 0.717) is 5.82 Å². The van der Waals surface area contributed by atoms with Crippen molar-refractivity contribution in [2.24, 2.45) is 0 Å². The highest BCUT2D eigenvalue weighted by Crippen LogP contribution is 2.38. The molecule has 0 aliphatic rings. The lowest BCUT2D eigenvalue weighted by Gasteiger charge is -2.14. The first-order valence-corrected chi connectivity index (χ1v) is 17.9. The minimum atomic E-state index is 0.683. The third-order valence-electron chi connectivity index (χ3n) is 10.1. The van der Waals surface area contributed by atoms with Crippen molar-refractivity contribution in [3.8, 4) is 67.3 Å². The zero-order chi connectivity index (χ0) is 35.1. The Balaban J connectivity index is 1.18. The highest BCUT2D eigenvalue weighted by Gasteiger charge is 2.16. The van der Waals surface area contributed by atoms with Crippen LogP contribution in [-0.4, -0.2) is 9.97 Å². The summed E-state index contributed by atoms with van der Waals surface area (Å²) in [6, 6.07) is 68.1. The molecule has 0 bridgehead atoms. The summed E-state index contributed by atoms with van der Waals surface area (Å²) in [5.41, 5.74) is 13.4. The number of furan rings is 1. The van der Waals surface area contributed by atoms with Gasteiger partial charge in [0.1, 0.15) is 11.2 Å². The molecular formula is C50H32N2O. The molecule has 10 rings (SSSR count). The first-order chi connectivity index (χ1) is 26.2. The van der Waals surface area contributed by atoms with E-state index in [1.54, 1.807) is 0 Å². The first-order valence-electron chi connectivity index (χ1n) is 17.9. The second-order valence-electron chi connectivity index (χ2n) is 13.4. The van der Waals surface area contributed by atoms with E-state index in [-0.39, 0.29) is 0 Å². The molecule has 2 heterocycles. The monoisotopic (exact) mass is 676 g/mol. The van der Waals surface area contributed by atoms with E-state index in [2.05, 4.69) is 176 Å². The van der Waals surface area contributed by atoms with Gasteiger partial charge in [0.15, 0.2) is 5.82 Å². The SMILES string of the molecule is c1ccc(-c2ccc(-c3nc(-c4cc(-c5ccccc5)cc(-c5ccc6oc7ccccc7c6c5)c4)cc(-c4cccc5ccccc45)n3)cc2)cc1. The van der Waals surface area contributed by atoms with Gasteiger partial charge in [0.25, 0.3) is 0 Å². The lowest BCUT2D eigenvalue weighted by atomic mass is 9.93. The minimum Gasteiger partial charge on any atom is -0.456 e. The van der Waals surface area contributed by atoms with E-state index in [0.717, 1.165) is 83.2 Å². The van der Waals surface area contributed by atoms with Crippen molar-refractivity contribution < 1.29 is 4.42 Å². The van der Waals surface area contributed by atoms with Crippen LogP contribution >= 0.6 is 0 Å². The first kappa shape index (κ1) is 30.7. The molecule has 3 heteroatoms. The maximum absolute atomic E-state index is 6.19. The average molecular weight is 677 g/mol. The van der Waals surface area contributed by atoms with Crippen LogP contribution in [0.4, 0.5) is 0 Å². The Morgan fingerprint density at radius 2 is 0.849 bits per heavy atom. The molecule has 0 aliphatic carbocycles. The molecule has 8 aromatic carbocycles. The summed E-state index contributed by atoms with van der Waals surface area (Å²) in [6.45, 7) is 0. The highest BCUT2D eigenvalue weighted by atomic mass is 16.3. The Morgan fingerprint density at radius 3 is 1.64 bits per heavy atom. The zero-order valence-electron chi connectivity index (χ0n) is 28.8. The molecule has 0 N–H and O–H groups in total. The predicted molar refractivity (Wildman–Crippen MR) is 219 cm³/mol. The van der Waals surface area contributed by atoms with Gasteiger partial charge < -0.3 is 4.42 Å². The quantitative estimate of drug-likeness (QED) is 0.176. The minimum absolute atomic E-state index is 0.683. The fourth-order valence-electron chi connectivity index (χ4n) is 7.40. The van der Waals surface area contributed by atoms with Crippen LogP contribution in [0, 0.1) is 0 Å². The summed E-state index contributed by atoms with van der Waals surface area (Å²) >= 11 is 0. The van der Waals surface area contributed by atoms with E-state index in [1.165, 1.54) is 10.9 Å². The molecule has 53 heavy (non-hydrogen) atoms. The van der Waals surface area contributed by atoms with Gasteiger partial charge in [-0.05, 0) is 86.6 Å². The van der Waals surface area contributed by atoms with Crippen LogP contribution in [0.1, 0.15) is 0 Å². The molecule has 0 saturated carbocycles. The van der Waals surface area contributed by atoms with Crippen molar-refractivity contribution in [3.05, 3.63) is 194 Å². The molecule has 0 saturated heterocycles. The molecule has 2 aromatic heterocycles. The number of para-hydroxylation sites is 1. The van der Waals surface area contributed by atoms with Gasteiger partial charge in [-0.15, -0.1) is 0 Å². The number of hydrogen-bond donors (Lipinski definition) is 0. The summed E-state index contributed by atoms with van der Waals surface area (Å²) in [5.74, 6) is 0.683. The molecule has 3 nitrogen and oxygen atoms in total. The van der Waals surface area contributed by atoms with Crippen molar-refractivity contribution >= 4 is 32.7 Å². The lowest BCUT2D eigenvalue weighted by molar-refractivity contribution is 0.669. The Morgan fingerprint density at radius 1 is 0.302 bits per heavy atom. The standard InChI is InChI=1S/C50H32N2O/c1-3-12-33(13-4-1)35-22-24-37(25-23-35)50-51-46(32-47(52-50)43-20-11-17-36-16-7-8-18-42(36)43)41-29-39(34-14-5-2-6-15-34)28-40(30-41)38-26-27-49-45(31-38)44-19-9-10-21-48(44)53-49/h1-32H. The fraction of sp³-hybridized carbons (Fsp3) is 0. The van der Waals surface area contributed by atoms with Gasteiger partial charge in [-0.25, -0.2) is 9.97 Å². The van der Waals surface area contributed by atoms with Crippen LogP contribution < -0.4 is 0 Å². The molecule has 248 valence electrons. The van der Waals surface area contributed by atoms with Gasteiger partial charge >= 0.3 is 0 Å². The Hall–Kier alpha value is -7.10.